The summed E-state index contributed by atoms with van der Waals surface area (Å²) < 4.78 is 29.6. The van der Waals surface area contributed by atoms with Crippen LogP contribution in [-0.2, 0) is 32.8 Å². The van der Waals surface area contributed by atoms with Crippen LogP contribution in [0.15, 0.2) is 35.0 Å². The molecule has 1 aromatic carbocycles. The summed E-state index contributed by atoms with van der Waals surface area (Å²) in [5.41, 5.74) is 1.53. The van der Waals surface area contributed by atoms with E-state index in [-0.39, 0.29) is 11.5 Å². The minimum atomic E-state index is -1.29. The third kappa shape index (κ3) is 3.99. The highest BCUT2D eigenvalue weighted by Crippen LogP contribution is 2.62. The van der Waals surface area contributed by atoms with Crippen LogP contribution in [0, 0.1) is 11.3 Å². The third-order valence-corrected chi connectivity index (χ3v) is 8.99. The summed E-state index contributed by atoms with van der Waals surface area (Å²) in [4.78, 5) is 0. The van der Waals surface area contributed by atoms with Crippen molar-refractivity contribution in [3.63, 3.8) is 0 Å². The van der Waals surface area contributed by atoms with E-state index in [1.54, 1.807) is 7.11 Å². The second kappa shape index (κ2) is 8.78. The van der Waals surface area contributed by atoms with Crippen LogP contribution in [0.2, 0.25) is 0 Å². The van der Waals surface area contributed by atoms with E-state index in [4.69, 9.17) is 9.47 Å². The predicted molar refractivity (Wildman–Crippen MR) is 128 cm³/mol. The predicted octanol–water partition coefficient (Wildman–Crippen LogP) is 5.62. The topological polar surface area (TPSA) is 53.5 Å². The minimum Gasteiger partial charge on any atom is -0.598 e. The van der Waals surface area contributed by atoms with E-state index in [2.05, 4.69) is 52.4 Å². The molecule has 1 saturated carbocycles. The molecule has 0 aliphatic heterocycles. The Morgan fingerprint density at radius 2 is 2.10 bits per heavy atom. The van der Waals surface area contributed by atoms with Crippen LogP contribution < -0.4 is 4.72 Å². The molecule has 0 bridgehead atoms. The second-order valence-electron chi connectivity index (χ2n) is 9.84. The first kappa shape index (κ1) is 24.1. The number of hydrogen-bond donors (Lipinski definition) is 1. The van der Waals surface area contributed by atoms with Gasteiger partial charge in [-0.05, 0) is 82.6 Å². The third-order valence-electron chi connectivity index (χ3n) is 6.90. The van der Waals surface area contributed by atoms with Crippen LogP contribution in [0.1, 0.15) is 65.0 Å². The summed E-state index contributed by atoms with van der Waals surface area (Å²) in [5.74, 6) is 1.06. The fraction of sp³-hybridized carbons (Fsp3) is 0.667. The number of fused-ring (bicyclic) bond motifs is 1. The standard InChI is InChI=1S/C24H36BrNO3S/c1-8-29-17(3)24(26-30(27)22(4,5)6)20-13-19(25)10-9-18(20)15-23(24)12-11-21(28-7)16(2)14-23/h9-10,13,16,21,26H,3,8,11-12,14-15H2,1-2,4-7H3/t16-,21-,23-,24-,30?/m0/s1. The van der Waals surface area contributed by atoms with Crippen molar-refractivity contribution in [3.05, 3.63) is 46.1 Å². The first-order valence-corrected chi connectivity index (χ1v) is 12.8. The zero-order valence-electron chi connectivity index (χ0n) is 19.1. The van der Waals surface area contributed by atoms with Gasteiger partial charge in [0.25, 0.3) is 0 Å². The van der Waals surface area contributed by atoms with Crippen molar-refractivity contribution >= 4 is 27.3 Å². The Kier molecular flexibility index (Phi) is 7.06. The molecule has 0 radical (unpaired) electrons. The molecule has 1 fully saturated rings. The van der Waals surface area contributed by atoms with Gasteiger partial charge in [0.05, 0.1) is 12.7 Å². The maximum Gasteiger partial charge on any atom is 0.151 e. The van der Waals surface area contributed by atoms with Crippen molar-refractivity contribution in [1.82, 2.24) is 4.72 Å². The summed E-state index contributed by atoms with van der Waals surface area (Å²) in [5, 5.41) is 0. The summed E-state index contributed by atoms with van der Waals surface area (Å²) in [6.45, 7) is 15.2. The van der Waals surface area contributed by atoms with Crippen molar-refractivity contribution in [2.24, 2.45) is 11.3 Å². The summed E-state index contributed by atoms with van der Waals surface area (Å²) in [6, 6.07) is 6.45. The molecule has 2 aliphatic carbocycles. The van der Waals surface area contributed by atoms with Crippen LogP contribution in [0.5, 0.6) is 0 Å². The number of halogens is 1. The highest BCUT2D eigenvalue weighted by molar-refractivity contribution is 9.10. The molecule has 2 aliphatic rings. The first-order chi connectivity index (χ1) is 14.0. The van der Waals surface area contributed by atoms with Crippen molar-refractivity contribution in [1.29, 1.82) is 0 Å². The first-order valence-electron chi connectivity index (χ1n) is 10.8. The van der Waals surface area contributed by atoms with E-state index in [1.807, 2.05) is 27.7 Å². The zero-order chi connectivity index (χ0) is 22.3. The number of nitrogens with one attached hydrogen (secondary N) is 1. The van der Waals surface area contributed by atoms with Crippen molar-refractivity contribution in [2.75, 3.05) is 13.7 Å². The lowest BCUT2D eigenvalue weighted by molar-refractivity contribution is -0.0481. The van der Waals surface area contributed by atoms with E-state index in [9.17, 15) is 4.55 Å². The SMILES string of the molecule is C=C(OCC)[C@]1(N[S+]([O-])C(C)(C)C)c2cc(Br)ccc2C[C@@]12CC[C@H](OC)[C@@H](C)C2. The van der Waals surface area contributed by atoms with Crippen molar-refractivity contribution in [3.8, 4) is 0 Å². The minimum absolute atomic E-state index is 0.169. The highest BCUT2D eigenvalue weighted by atomic mass is 79.9. The monoisotopic (exact) mass is 497 g/mol. The molecule has 5 atom stereocenters. The Morgan fingerprint density at radius 3 is 2.67 bits per heavy atom. The van der Waals surface area contributed by atoms with Crippen molar-refractivity contribution < 1.29 is 14.0 Å². The molecule has 4 nitrogen and oxygen atoms in total. The molecule has 6 heteroatoms. The highest BCUT2D eigenvalue weighted by Gasteiger charge is 2.64. The molecule has 30 heavy (non-hydrogen) atoms. The van der Waals surface area contributed by atoms with Crippen LogP contribution in [0.3, 0.4) is 0 Å². The van der Waals surface area contributed by atoms with Crippen LogP contribution in [0.25, 0.3) is 0 Å². The lowest BCUT2D eigenvalue weighted by atomic mass is 9.59. The van der Waals surface area contributed by atoms with Gasteiger partial charge >= 0.3 is 0 Å². The molecule has 0 amide bonds. The van der Waals surface area contributed by atoms with E-state index >= 15 is 0 Å². The van der Waals surface area contributed by atoms with Gasteiger partial charge in [0.15, 0.2) is 5.54 Å². The molecule has 3 rings (SSSR count). The van der Waals surface area contributed by atoms with Gasteiger partial charge in [0.2, 0.25) is 0 Å². The lowest BCUT2D eigenvalue weighted by Gasteiger charge is -2.52. The summed E-state index contributed by atoms with van der Waals surface area (Å²) >= 11 is 2.37. The van der Waals surface area contributed by atoms with Gasteiger partial charge in [-0.3, -0.25) is 0 Å². The average molecular weight is 499 g/mol. The fourth-order valence-corrected chi connectivity index (χ4v) is 6.87. The Labute approximate surface area is 193 Å². The average Bonchev–Trinajstić information content (AvgIpc) is 2.91. The van der Waals surface area contributed by atoms with Gasteiger partial charge in [0, 0.05) is 28.4 Å². The van der Waals surface area contributed by atoms with Gasteiger partial charge in [0.1, 0.15) is 10.5 Å². The van der Waals surface area contributed by atoms with E-state index < -0.39 is 21.6 Å². The number of hydrogen-bond acceptors (Lipinski definition) is 4. The molecule has 1 unspecified atom stereocenters. The van der Waals surface area contributed by atoms with Gasteiger partial charge in [-0.15, -0.1) is 4.72 Å². The molecule has 168 valence electrons. The lowest BCUT2D eigenvalue weighted by Crippen LogP contribution is -2.61. The molecule has 0 saturated heterocycles. The van der Waals surface area contributed by atoms with Crippen LogP contribution in [0.4, 0.5) is 0 Å². The molecule has 0 heterocycles. The van der Waals surface area contributed by atoms with E-state index in [0.29, 0.717) is 18.3 Å². The number of ether oxygens (including phenoxy) is 2. The molecular weight excluding hydrogens is 462 g/mol. The van der Waals surface area contributed by atoms with Gasteiger partial charge in [-0.2, -0.15) is 0 Å². The molecule has 1 aromatic rings. The van der Waals surface area contributed by atoms with E-state index in [0.717, 1.165) is 35.7 Å². The summed E-state index contributed by atoms with van der Waals surface area (Å²) in [7, 11) is 1.80. The maximum absolute atomic E-state index is 13.5. The second-order valence-corrected chi connectivity index (χ2v) is 12.7. The molecule has 0 aromatic heterocycles. The van der Waals surface area contributed by atoms with Gasteiger partial charge < -0.3 is 14.0 Å². The fourth-order valence-electron chi connectivity index (χ4n) is 5.48. The number of benzene rings is 1. The largest absolute Gasteiger partial charge is 0.598 e. The van der Waals surface area contributed by atoms with Gasteiger partial charge in [-0.25, -0.2) is 0 Å². The van der Waals surface area contributed by atoms with E-state index in [1.165, 1.54) is 5.56 Å². The quantitative estimate of drug-likeness (QED) is 0.408. The number of methoxy groups -OCH3 is 1. The Hall–Kier alpha value is -0.530. The van der Waals surface area contributed by atoms with Gasteiger partial charge in [-0.1, -0.05) is 35.5 Å². The molecular formula is C24H36BrNO3S. The smallest absolute Gasteiger partial charge is 0.151 e. The van der Waals surface area contributed by atoms with Crippen LogP contribution in [-0.4, -0.2) is 29.1 Å². The Balaban J connectivity index is 2.21. The Bertz CT molecular complexity index is 795. The zero-order valence-corrected chi connectivity index (χ0v) is 21.5. The molecule has 1 spiro atoms. The van der Waals surface area contributed by atoms with Crippen molar-refractivity contribution in [2.45, 2.75) is 76.7 Å². The maximum atomic E-state index is 13.5. The molecule has 1 N–H and O–H groups in total. The summed E-state index contributed by atoms with van der Waals surface area (Å²) in [6.07, 6.45) is 4.05. The number of rotatable bonds is 6. The normalized spacial score (nSPS) is 32.1. The van der Waals surface area contributed by atoms with Crippen LogP contribution >= 0.6 is 15.9 Å². The Morgan fingerprint density at radius 1 is 1.40 bits per heavy atom.